The van der Waals surface area contributed by atoms with Gasteiger partial charge in [-0.25, -0.2) is 0 Å². The highest BCUT2D eigenvalue weighted by atomic mass is 32.2. The maximum atomic E-state index is 5.98. The minimum atomic E-state index is 0.469. The lowest BCUT2D eigenvalue weighted by atomic mass is 9.88. The highest BCUT2D eigenvalue weighted by Crippen LogP contribution is 2.41. The van der Waals surface area contributed by atoms with Gasteiger partial charge in [-0.15, -0.1) is 0 Å². The van der Waals surface area contributed by atoms with Gasteiger partial charge in [-0.1, -0.05) is 30.3 Å². The molecule has 1 unspecified atom stereocenters. The number of ether oxygens (including phenoxy) is 1. The van der Waals surface area contributed by atoms with E-state index in [0.717, 1.165) is 24.2 Å². The molecule has 0 N–H and O–H groups in total. The summed E-state index contributed by atoms with van der Waals surface area (Å²) in [6, 6.07) is 10.8. The average molecular weight is 234 g/mol. The summed E-state index contributed by atoms with van der Waals surface area (Å²) >= 11 is 2.16. The Hall–Kier alpha value is -0.470. The Morgan fingerprint density at radius 2 is 2.06 bits per heavy atom. The van der Waals surface area contributed by atoms with Crippen LogP contribution in [0.3, 0.4) is 0 Å². The molecule has 2 heteroatoms. The molecule has 1 aromatic carbocycles. The molecule has 2 saturated heterocycles. The fourth-order valence-corrected chi connectivity index (χ4v) is 4.44. The largest absolute Gasteiger partial charge is 0.378 e. The molecular weight excluding hydrogens is 216 g/mol. The monoisotopic (exact) mass is 234 g/mol. The van der Waals surface area contributed by atoms with Crippen molar-refractivity contribution in [3.8, 4) is 0 Å². The fourth-order valence-electron chi connectivity index (χ4n) is 2.90. The third kappa shape index (κ3) is 2.14. The maximum absolute atomic E-state index is 5.98. The third-order valence-corrected chi connectivity index (χ3v) is 5.24. The summed E-state index contributed by atoms with van der Waals surface area (Å²) in [7, 11) is 0. The maximum Gasteiger partial charge on any atom is 0.0654 e. The van der Waals surface area contributed by atoms with Crippen LogP contribution in [0.15, 0.2) is 30.3 Å². The molecule has 3 atom stereocenters. The quantitative estimate of drug-likeness (QED) is 0.777. The molecule has 2 fully saturated rings. The van der Waals surface area contributed by atoms with E-state index in [-0.39, 0.29) is 0 Å². The van der Waals surface area contributed by atoms with Crippen LogP contribution < -0.4 is 0 Å². The smallest absolute Gasteiger partial charge is 0.0654 e. The minimum absolute atomic E-state index is 0.469. The van der Waals surface area contributed by atoms with E-state index in [0.29, 0.717) is 6.10 Å². The van der Waals surface area contributed by atoms with Crippen LogP contribution >= 0.6 is 11.8 Å². The highest BCUT2D eigenvalue weighted by Gasteiger charge is 2.37. The number of rotatable bonds is 2. The van der Waals surface area contributed by atoms with Gasteiger partial charge in [-0.3, -0.25) is 0 Å². The molecule has 16 heavy (non-hydrogen) atoms. The van der Waals surface area contributed by atoms with Crippen molar-refractivity contribution in [2.45, 2.75) is 30.6 Å². The molecule has 1 aromatic rings. The molecule has 3 rings (SSSR count). The van der Waals surface area contributed by atoms with E-state index in [1.54, 1.807) is 0 Å². The Bertz CT molecular complexity index is 338. The van der Waals surface area contributed by atoms with Gasteiger partial charge in [0.1, 0.15) is 0 Å². The fraction of sp³-hybridized carbons (Fsp3) is 0.571. The molecule has 2 aliphatic rings. The van der Waals surface area contributed by atoms with E-state index in [1.165, 1.54) is 24.2 Å². The lowest BCUT2D eigenvalue weighted by molar-refractivity contribution is -0.0196. The number of thioether (sulfide) groups is 1. The first-order valence-corrected chi connectivity index (χ1v) is 7.25. The normalized spacial score (nSPS) is 33.6. The van der Waals surface area contributed by atoms with Gasteiger partial charge in [0.25, 0.3) is 0 Å². The Kier molecular flexibility index (Phi) is 3.20. The van der Waals surface area contributed by atoms with E-state index < -0.39 is 0 Å². The zero-order valence-electron chi connectivity index (χ0n) is 9.47. The van der Waals surface area contributed by atoms with Crippen molar-refractivity contribution in [1.29, 1.82) is 0 Å². The number of hydrogen-bond donors (Lipinski definition) is 0. The topological polar surface area (TPSA) is 9.23 Å². The second-order valence-corrected chi connectivity index (χ2v) is 6.10. The molecule has 0 amide bonds. The molecule has 2 heterocycles. The van der Waals surface area contributed by atoms with E-state index >= 15 is 0 Å². The molecule has 2 aliphatic heterocycles. The van der Waals surface area contributed by atoms with Crippen molar-refractivity contribution in [2.24, 2.45) is 5.92 Å². The molecule has 1 nitrogen and oxygen atoms in total. The minimum Gasteiger partial charge on any atom is -0.378 e. The van der Waals surface area contributed by atoms with Crippen LogP contribution in [0.25, 0.3) is 0 Å². The van der Waals surface area contributed by atoms with Crippen LogP contribution in [0.5, 0.6) is 0 Å². The lowest BCUT2D eigenvalue weighted by Gasteiger charge is -2.33. The number of hydrogen-bond acceptors (Lipinski definition) is 2. The first-order chi connectivity index (χ1) is 7.93. The Morgan fingerprint density at radius 3 is 2.94 bits per heavy atom. The average Bonchev–Trinajstić information content (AvgIpc) is 2.80. The summed E-state index contributed by atoms with van der Waals surface area (Å²) in [5.41, 5.74) is 1.42. The number of benzene rings is 1. The van der Waals surface area contributed by atoms with E-state index in [4.69, 9.17) is 4.74 Å². The first-order valence-electron chi connectivity index (χ1n) is 6.20. The van der Waals surface area contributed by atoms with Crippen LogP contribution in [-0.2, 0) is 11.2 Å². The summed E-state index contributed by atoms with van der Waals surface area (Å²) in [6.07, 6.45) is 4.19. The summed E-state index contributed by atoms with van der Waals surface area (Å²) in [5.74, 6) is 2.14. The van der Waals surface area contributed by atoms with Gasteiger partial charge in [0.2, 0.25) is 0 Å². The van der Waals surface area contributed by atoms with Gasteiger partial charge >= 0.3 is 0 Å². The van der Waals surface area contributed by atoms with Gasteiger partial charge in [0.15, 0.2) is 0 Å². The summed E-state index contributed by atoms with van der Waals surface area (Å²) in [6.45, 7) is 0.964. The molecule has 0 saturated carbocycles. The second kappa shape index (κ2) is 4.80. The van der Waals surface area contributed by atoms with Crippen molar-refractivity contribution in [3.63, 3.8) is 0 Å². The molecule has 0 spiro atoms. The van der Waals surface area contributed by atoms with Crippen molar-refractivity contribution in [2.75, 3.05) is 12.4 Å². The van der Waals surface area contributed by atoms with Gasteiger partial charge in [0.05, 0.1) is 6.10 Å². The Morgan fingerprint density at radius 1 is 1.19 bits per heavy atom. The van der Waals surface area contributed by atoms with Crippen molar-refractivity contribution in [1.82, 2.24) is 0 Å². The van der Waals surface area contributed by atoms with Gasteiger partial charge in [0, 0.05) is 11.9 Å². The summed E-state index contributed by atoms with van der Waals surface area (Å²) < 4.78 is 5.98. The number of fused-ring (bicyclic) bond motifs is 1. The van der Waals surface area contributed by atoms with Crippen LogP contribution in [0.4, 0.5) is 0 Å². The molecule has 0 aromatic heterocycles. The van der Waals surface area contributed by atoms with Crippen molar-refractivity contribution in [3.05, 3.63) is 35.9 Å². The molecule has 0 radical (unpaired) electrons. The standard InChI is InChI=1S/C14H18OS/c1-2-4-11(5-3-1)10-13-12-7-9-16-14(12)6-8-15-13/h1-5,12-14H,6-10H2/t12-,13?,14-/m1/s1. The second-order valence-electron chi connectivity index (χ2n) is 4.75. The molecule has 0 aliphatic carbocycles. The lowest BCUT2D eigenvalue weighted by Crippen LogP contribution is -2.36. The zero-order chi connectivity index (χ0) is 10.8. The summed E-state index contributed by atoms with van der Waals surface area (Å²) in [4.78, 5) is 0. The van der Waals surface area contributed by atoms with Crippen LogP contribution in [0.2, 0.25) is 0 Å². The van der Waals surface area contributed by atoms with Crippen LogP contribution in [0.1, 0.15) is 18.4 Å². The first kappa shape index (κ1) is 10.7. The van der Waals surface area contributed by atoms with Gasteiger partial charge < -0.3 is 4.74 Å². The van der Waals surface area contributed by atoms with Crippen molar-refractivity contribution >= 4 is 11.8 Å². The van der Waals surface area contributed by atoms with Crippen LogP contribution in [0, 0.1) is 5.92 Å². The summed E-state index contributed by atoms with van der Waals surface area (Å²) in [5, 5.41) is 0.877. The molecule has 86 valence electrons. The third-order valence-electron chi connectivity index (χ3n) is 3.75. The Balaban J connectivity index is 1.70. The highest BCUT2D eigenvalue weighted by molar-refractivity contribution is 8.00. The van der Waals surface area contributed by atoms with E-state index in [9.17, 15) is 0 Å². The molecule has 0 bridgehead atoms. The SMILES string of the molecule is c1ccc(CC2OCC[C@H]3SCC[C@H]23)cc1. The predicted octanol–water partition coefficient (Wildman–Crippen LogP) is 3.14. The van der Waals surface area contributed by atoms with Gasteiger partial charge in [-0.05, 0) is 36.5 Å². The van der Waals surface area contributed by atoms with Crippen molar-refractivity contribution < 1.29 is 4.74 Å². The van der Waals surface area contributed by atoms with E-state index in [2.05, 4.69) is 42.1 Å². The van der Waals surface area contributed by atoms with Gasteiger partial charge in [-0.2, -0.15) is 11.8 Å². The zero-order valence-corrected chi connectivity index (χ0v) is 10.3. The molecular formula is C14H18OS. The Labute approximate surface area is 102 Å². The van der Waals surface area contributed by atoms with Crippen LogP contribution in [-0.4, -0.2) is 23.7 Å². The predicted molar refractivity (Wildman–Crippen MR) is 68.9 cm³/mol. The van der Waals surface area contributed by atoms with E-state index in [1.807, 2.05) is 0 Å².